The predicted octanol–water partition coefficient (Wildman–Crippen LogP) is 3.69. The molecule has 0 aliphatic carbocycles. The molecule has 8 nitrogen and oxygen atoms in total. The fraction of sp³-hybridized carbons (Fsp3) is 0.231. The van der Waals surface area contributed by atoms with Crippen LogP contribution in [0, 0.1) is 12.7 Å². The molecule has 1 fully saturated rings. The topological polar surface area (TPSA) is 106 Å². The molecule has 9 heteroatoms. The average molecular weight is 473 g/mol. The van der Waals surface area contributed by atoms with Crippen LogP contribution in [0.5, 0.6) is 0 Å². The average Bonchev–Trinajstić information content (AvgIpc) is 2.88. The van der Waals surface area contributed by atoms with Crippen molar-refractivity contribution >= 4 is 28.3 Å². The van der Waals surface area contributed by atoms with E-state index in [9.17, 15) is 9.18 Å². The summed E-state index contributed by atoms with van der Waals surface area (Å²) >= 11 is 0. The zero-order valence-electron chi connectivity index (χ0n) is 19.3. The molecule has 4 heterocycles. The van der Waals surface area contributed by atoms with Crippen LogP contribution in [-0.4, -0.2) is 47.2 Å². The van der Waals surface area contributed by atoms with E-state index >= 15 is 0 Å². The number of fused-ring (bicyclic) bond motifs is 1. The monoisotopic (exact) mass is 472 g/mol. The Morgan fingerprint density at radius 3 is 2.71 bits per heavy atom. The van der Waals surface area contributed by atoms with Crippen LogP contribution in [0.1, 0.15) is 21.6 Å². The molecule has 1 saturated heterocycles. The second kappa shape index (κ2) is 9.63. The molecule has 0 unspecified atom stereocenters. The van der Waals surface area contributed by atoms with E-state index in [-0.39, 0.29) is 11.5 Å². The maximum Gasteiger partial charge on any atom is 0.267 e. The number of carbonyl (C=O) groups excluding carboxylic acids is 1. The van der Waals surface area contributed by atoms with Crippen LogP contribution in [0.4, 0.5) is 15.9 Å². The Morgan fingerprint density at radius 2 is 1.97 bits per heavy atom. The second-order valence-electron chi connectivity index (χ2n) is 8.37. The molecule has 1 aliphatic heterocycles. The van der Waals surface area contributed by atoms with E-state index in [0.29, 0.717) is 55.6 Å². The highest BCUT2D eigenvalue weighted by Crippen LogP contribution is 2.33. The minimum atomic E-state index is -0.584. The van der Waals surface area contributed by atoms with E-state index < -0.39 is 5.91 Å². The lowest BCUT2D eigenvalue weighted by molar-refractivity contribution is 0.0995. The van der Waals surface area contributed by atoms with Crippen LogP contribution in [0.25, 0.3) is 22.3 Å². The van der Waals surface area contributed by atoms with Gasteiger partial charge >= 0.3 is 0 Å². The van der Waals surface area contributed by atoms with Gasteiger partial charge in [0.25, 0.3) is 5.91 Å². The lowest BCUT2D eigenvalue weighted by atomic mass is 10.0. The van der Waals surface area contributed by atoms with Gasteiger partial charge in [0.05, 0.1) is 30.1 Å². The molecular weight excluding hydrogens is 447 g/mol. The van der Waals surface area contributed by atoms with Gasteiger partial charge in [-0.3, -0.25) is 9.78 Å². The molecule has 1 aromatic carbocycles. The highest BCUT2D eigenvalue weighted by molar-refractivity contribution is 5.96. The van der Waals surface area contributed by atoms with Crippen LogP contribution in [0.2, 0.25) is 0 Å². The molecule has 1 aliphatic rings. The van der Waals surface area contributed by atoms with Crippen molar-refractivity contribution in [2.75, 3.05) is 36.5 Å². The van der Waals surface area contributed by atoms with Gasteiger partial charge in [-0.05, 0) is 48.9 Å². The van der Waals surface area contributed by atoms with Crippen molar-refractivity contribution in [1.29, 1.82) is 0 Å². The number of amides is 1. The van der Waals surface area contributed by atoms with Crippen LogP contribution < -0.4 is 16.0 Å². The minimum absolute atomic E-state index is 0.207. The van der Waals surface area contributed by atoms with Crippen molar-refractivity contribution in [2.45, 2.75) is 13.5 Å². The van der Waals surface area contributed by atoms with Crippen LogP contribution in [0.3, 0.4) is 0 Å². The summed E-state index contributed by atoms with van der Waals surface area (Å²) in [5, 5.41) is 4.28. The highest BCUT2D eigenvalue weighted by atomic mass is 19.1. The third kappa shape index (κ3) is 4.76. The number of carbonyl (C=O) groups is 1. The van der Waals surface area contributed by atoms with E-state index in [2.05, 4.69) is 20.2 Å². The maximum absolute atomic E-state index is 14.1. The Bertz CT molecular complexity index is 1390. The van der Waals surface area contributed by atoms with Crippen LogP contribution in [-0.2, 0) is 11.3 Å². The van der Waals surface area contributed by atoms with E-state index in [0.717, 1.165) is 22.2 Å². The van der Waals surface area contributed by atoms with Crippen molar-refractivity contribution in [1.82, 2.24) is 15.0 Å². The minimum Gasteiger partial charge on any atom is -0.380 e. The molecule has 0 spiro atoms. The fourth-order valence-electron chi connectivity index (χ4n) is 4.26. The number of ether oxygens (including phenoxy) is 1. The number of primary amides is 1. The number of nitrogens with two attached hydrogens (primary N) is 1. The molecule has 5 rings (SSSR count). The molecular formula is C26H25FN6O2. The molecule has 3 N–H and O–H groups in total. The molecule has 0 saturated carbocycles. The summed E-state index contributed by atoms with van der Waals surface area (Å²) in [5.41, 5.74) is 10.2. The second-order valence-corrected chi connectivity index (χ2v) is 8.37. The third-order valence-electron chi connectivity index (χ3n) is 6.03. The van der Waals surface area contributed by atoms with E-state index in [1.165, 1.54) is 12.1 Å². The van der Waals surface area contributed by atoms with Gasteiger partial charge in [-0.2, -0.15) is 0 Å². The maximum atomic E-state index is 14.1. The Hall–Kier alpha value is -4.11. The first-order valence-corrected chi connectivity index (χ1v) is 11.4. The zero-order valence-corrected chi connectivity index (χ0v) is 19.3. The highest BCUT2D eigenvalue weighted by Gasteiger charge is 2.18. The van der Waals surface area contributed by atoms with E-state index in [4.69, 9.17) is 15.5 Å². The van der Waals surface area contributed by atoms with Gasteiger partial charge in [-0.25, -0.2) is 14.4 Å². The summed E-state index contributed by atoms with van der Waals surface area (Å²) in [6.07, 6.45) is 1.70. The first kappa shape index (κ1) is 22.7. The smallest absolute Gasteiger partial charge is 0.267 e. The van der Waals surface area contributed by atoms with Gasteiger partial charge in [0.2, 0.25) is 0 Å². The lowest BCUT2D eigenvalue weighted by Crippen LogP contribution is -2.37. The van der Waals surface area contributed by atoms with Crippen molar-refractivity contribution in [2.24, 2.45) is 5.73 Å². The molecule has 35 heavy (non-hydrogen) atoms. The number of aromatic nitrogens is 3. The number of nitrogens with one attached hydrogen (secondary N) is 1. The van der Waals surface area contributed by atoms with Crippen molar-refractivity contribution < 1.29 is 13.9 Å². The summed E-state index contributed by atoms with van der Waals surface area (Å²) in [4.78, 5) is 27.6. The summed E-state index contributed by atoms with van der Waals surface area (Å²) in [7, 11) is 0. The Kier molecular flexibility index (Phi) is 6.24. The first-order chi connectivity index (χ1) is 17.0. The fourth-order valence-corrected chi connectivity index (χ4v) is 4.26. The van der Waals surface area contributed by atoms with Gasteiger partial charge in [0.1, 0.15) is 17.3 Å². The largest absolute Gasteiger partial charge is 0.380 e. The number of hydrogen-bond acceptors (Lipinski definition) is 7. The molecule has 0 bridgehead atoms. The summed E-state index contributed by atoms with van der Waals surface area (Å²) in [6, 6.07) is 13.8. The Balaban J connectivity index is 1.54. The number of halogens is 1. The SMILES string of the molecule is Cc1c(-c2ccccn2)nc2cc(F)ccc2c1NCc1cc(C(N)=O)nc(N2CCOCC2)c1. The number of pyridine rings is 3. The Morgan fingerprint density at radius 1 is 1.14 bits per heavy atom. The molecule has 0 atom stereocenters. The lowest BCUT2D eigenvalue weighted by Gasteiger charge is -2.28. The normalized spacial score (nSPS) is 13.7. The summed E-state index contributed by atoms with van der Waals surface area (Å²) < 4.78 is 19.5. The quantitative estimate of drug-likeness (QED) is 0.441. The van der Waals surface area contributed by atoms with Crippen molar-refractivity contribution in [3.63, 3.8) is 0 Å². The summed E-state index contributed by atoms with van der Waals surface area (Å²) in [6.45, 7) is 4.95. The number of nitrogens with zero attached hydrogens (tertiary/aromatic N) is 4. The van der Waals surface area contributed by atoms with Crippen molar-refractivity contribution in [3.8, 4) is 11.4 Å². The molecule has 4 aromatic rings. The number of anilines is 2. The van der Waals surface area contributed by atoms with Gasteiger partial charge in [-0.15, -0.1) is 0 Å². The van der Waals surface area contributed by atoms with Gasteiger partial charge < -0.3 is 20.7 Å². The first-order valence-electron chi connectivity index (χ1n) is 11.4. The van der Waals surface area contributed by atoms with Crippen LogP contribution in [0.15, 0.2) is 54.7 Å². The number of rotatable bonds is 6. The zero-order chi connectivity index (χ0) is 24.4. The van der Waals surface area contributed by atoms with Gasteiger partial charge in [0, 0.05) is 48.5 Å². The number of benzene rings is 1. The number of hydrogen-bond donors (Lipinski definition) is 2. The Labute approximate surface area is 202 Å². The standard InChI is InChI=1S/C26H25FN6O2/c1-16-24(19-6-5-18(27)14-21(19)32-25(16)20-4-2-3-7-29-20)30-15-17-12-22(26(28)34)31-23(13-17)33-8-10-35-11-9-33/h2-7,12-14H,8-11,15H2,1H3,(H2,28,34)(H,30,32). The van der Waals surface area contributed by atoms with E-state index in [1.807, 2.05) is 31.2 Å². The summed E-state index contributed by atoms with van der Waals surface area (Å²) in [5.74, 6) is -0.254. The molecule has 1 amide bonds. The van der Waals surface area contributed by atoms with Gasteiger partial charge in [0.15, 0.2) is 0 Å². The third-order valence-corrected chi connectivity index (χ3v) is 6.03. The van der Waals surface area contributed by atoms with Crippen LogP contribution >= 0.6 is 0 Å². The van der Waals surface area contributed by atoms with Gasteiger partial charge in [-0.1, -0.05) is 6.07 Å². The molecule has 0 radical (unpaired) electrons. The predicted molar refractivity (Wildman–Crippen MR) is 133 cm³/mol. The van der Waals surface area contributed by atoms with E-state index in [1.54, 1.807) is 18.3 Å². The number of morpholine rings is 1. The molecule has 3 aromatic heterocycles. The molecule has 178 valence electrons. The van der Waals surface area contributed by atoms with Crippen molar-refractivity contribution in [3.05, 3.63) is 77.4 Å².